The van der Waals surface area contributed by atoms with Gasteiger partial charge in [-0.3, -0.25) is 4.79 Å². The Kier molecular flexibility index (Phi) is 5.89. The van der Waals surface area contributed by atoms with Crippen LogP contribution in [-0.2, 0) is 11.2 Å². The van der Waals surface area contributed by atoms with Crippen LogP contribution in [0.15, 0.2) is 39.5 Å². The summed E-state index contributed by atoms with van der Waals surface area (Å²) in [5.41, 5.74) is 0.466. The van der Waals surface area contributed by atoms with E-state index in [0.717, 1.165) is 12.0 Å². The largest absolute Gasteiger partial charge is 0.488 e. The zero-order valence-electron chi connectivity index (χ0n) is 14.3. The van der Waals surface area contributed by atoms with Gasteiger partial charge in [0.25, 0.3) is 0 Å². The van der Waals surface area contributed by atoms with Crippen molar-refractivity contribution in [1.82, 2.24) is 4.90 Å². The fraction of sp³-hybridized carbons (Fsp3) is 0.368. The first-order chi connectivity index (χ1) is 12.4. The normalized spacial score (nSPS) is 16.7. The third kappa shape index (κ3) is 4.80. The van der Waals surface area contributed by atoms with Crippen LogP contribution < -0.4 is 10.4 Å². The predicted molar refractivity (Wildman–Crippen MR) is 100 cm³/mol. The lowest BCUT2D eigenvalue weighted by Gasteiger charge is -2.17. The molecule has 0 radical (unpaired) electrons. The maximum Gasteiger partial charge on any atom is 0.339 e. The number of nitrogens with zero attached hydrogens (tertiary/aromatic N) is 1. The summed E-state index contributed by atoms with van der Waals surface area (Å²) >= 11 is 12.0. The molecule has 1 aliphatic rings. The van der Waals surface area contributed by atoms with Gasteiger partial charge < -0.3 is 14.1 Å². The van der Waals surface area contributed by atoms with Gasteiger partial charge in [0.15, 0.2) is 0 Å². The van der Waals surface area contributed by atoms with Crippen molar-refractivity contribution in [2.45, 2.75) is 32.3 Å². The van der Waals surface area contributed by atoms with Gasteiger partial charge in [-0.25, -0.2) is 4.79 Å². The van der Waals surface area contributed by atoms with Crippen LogP contribution in [0.3, 0.4) is 0 Å². The van der Waals surface area contributed by atoms with E-state index in [-0.39, 0.29) is 12.0 Å². The molecular weight excluding hydrogens is 377 g/mol. The number of amides is 1. The van der Waals surface area contributed by atoms with Gasteiger partial charge in [-0.05, 0) is 31.0 Å². The highest BCUT2D eigenvalue weighted by Crippen LogP contribution is 2.23. The van der Waals surface area contributed by atoms with Crippen molar-refractivity contribution in [2.75, 3.05) is 13.1 Å². The van der Waals surface area contributed by atoms with E-state index in [9.17, 15) is 9.59 Å². The van der Waals surface area contributed by atoms with Gasteiger partial charge in [-0.1, -0.05) is 29.3 Å². The van der Waals surface area contributed by atoms with Crippen molar-refractivity contribution in [3.8, 4) is 5.75 Å². The van der Waals surface area contributed by atoms with Gasteiger partial charge in [-0.2, -0.15) is 0 Å². The molecule has 1 fully saturated rings. The third-order valence-corrected chi connectivity index (χ3v) is 4.88. The molecule has 7 heteroatoms. The summed E-state index contributed by atoms with van der Waals surface area (Å²) in [6.45, 7) is 2.84. The Hall–Kier alpha value is -1.98. The fourth-order valence-corrected chi connectivity index (χ4v) is 3.51. The number of carbonyl (C=O) groups is 1. The van der Waals surface area contributed by atoms with E-state index >= 15 is 0 Å². The lowest BCUT2D eigenvalue weighted by Crippen LogP contribution is -2.31. The molecule has 3 rings (SSSR count). The number of aryl methyl sites for hydroxylation is 2. The lowest BCUT2D eigenvalue weighted by molar-refractivity contribution is -0.130. The Morgan fingerprint density at radius 1 is 1.31 bits per heavy atom. The maximum atomic E-state index is 12.4. The predicted octanol–water partition coefficient (Wildman–Crippen LogP) is 3.87. The fourth-order valence-electron chi connectivity index (χ4n) is 3.01. The number of carbonyl (C=O) groups excluding carboxylic acids is 1. The summed E-state index contributed by atoms with van der Waals surface area (Å²) in [5.74, 6) is 1.04. The van der Waals surface area contributed by atoms with E-state index in [0.29, 0.717) is 47.5 Å². The highest BCUT2D eigenvalue weighted by molar-refractivity contribution is 6.35. The third-order valence-electron chi connectivity index (χ3n) is 4.29. The molecule has 1 amide bonds. The molecule has 1 aliphatic heterocycles. The number of hydrogen-bond acceptors (Lipinski definition) is 4. The maximum absolute atomic E-state index is 12.4. The SMILES string of the molecule is Cc1cc(OC2CCN(C(=O)CCc3ccc(Cl)cc3Cl)C2)cc(=O)o1. The molecule has 2 heterocycles. The second-order valence-electron chi connectivity index (χ2n) is 6.33. The molecule has 0 bridgehead atoms. The monoisotopic (exact) mass is 395 g/mol. The van der Waals surface area contributed by atoms with Crippen LogP contribution in [0, 0.1) is 6.92 Å². The quantitative estimate of drug-likeness (QED) is 0.770. The Morgan fingerprint density at radius 3 is 2.85 bits per heavy atom. The molecule has 26 heavy (non-hydrogen) atoms. The van der Waals surface area contributed by atoms with Crippen LogP contribution in [0.1, 0.15) is 24.2 Å². The molecule has 0 saturated carbocycles. The summed E-state index contributed by atoms with van der Waals surface area (Å²) < 4.78 is 10.7. The Labute approximate surface area is 161 Å². The number of benzene rings is 1. The highest BCUT2D eigenvalue weighted by atomic mass is 35.5. The lowest BCUT2D eigenvalue weighted by atomic mass is 10.1. The number of likely N-dealkylation sites (tertiary alicyclic amines) is 1. The minimum absolute atomic E-state index is 0.0610. The first-order valence-corrected chi connectivity index (χ1v) is 9.16. The Morgan fingerprint density at radius 2 is 2.12 bits per heavy atom. The van der Waals surface area contributed by atoms with E-state index < -0.39 is 5.63 Å². The van der Waals surface area contributed by atoms with Gasteiger partial charge in [0.1, 0.15) is 17.6 Å². The Balaban J connectivity index is 1.53. The molecule has 2 aromatic rings. The van der Waals surface area contributed by atoms with E-state index in [2.05, 4.69) is 0 Å². The number of ether oxygens (including phenoxy) is 1. The van der Waals surface area contributed by atoms with Crippen molar-refractivity contribution < 1.29 is 13.9 Å². The first-order valence-electron chi connectivity index (χ1n) is 8.41. The van der Waals surface area contributed by atoms with Crippen LogP contribution in [0.2, 0.25) is 10.0 Å². The topological polar surface area (TPSA) is 59.8 Å². The van der Waals surface area contributed by atoms with Gasteiger partial charge in [0.2, 0.25) is 5.91 Å². The summed E-state index contributed by atoms with van der Waals surface area (Å²) in [6, 6.07) is 8.29. The molecule has 0 spiro atoms. The average molecular weight is 396 g/mol. The van der Waals surface area contributed by atoms with Gasteiger partial charge in [-0.15, -0.1) is 0 Å². The van der Waals surface area contributed by atoms with Crippen molar-refractivity contribution in [2.24, 2.45) is 0 Å². The second-order valence-corrected chi connectivity index (χ2v) is 7.17. The zero-order chi connectivity index (χ0) is 18.7. The van der Waals surface area contributed by atoms with E-state index in [4.69, 9.17) is 32.4 Å². The standard InChI is InChI=1S/C19H19Cl2NO4/c1-12-8-16(10-19(24)25-12)26-15-6-7-22(11-15)18(23)5-3-13-2-4-14(20)9-17(13)21/h2,4,8-10,15H,3,5-7,11H2,1H3. The van der Waals surface area contributed by atoms with E-state index in [1.54, 1.807) is 30.0 Å². The van der Waals surface area contributed by atoms with Crippen LogP contribution in [0.25, 0.3) is 0 Å². The summed E-state index contributed by atoms with van der Waals surface area (Å²) in [4.78, 5) is 25.6. The van der Waals surface area contributed by atoms with E-state index in [1.807, 2.05) is 6.07 Å². The minimum Gasteiger partial charge on any atom is -0.488 e. The molecule has 1 unspecified atom stereocenters. The molecular formula is C19H19Cl2NO4. The molecule has 0 aliphatic carbocycles. The van der Waals surface area contributed by atoms with Crippen LogP contribution in [-0.4, -0.2) is 30.0 Å². The van der Waals surface area contributed by atoms with Gasteiger partial charge in [0, 0.05) is 35.5 Å². The Bertz CT molecular complexity index is 865. The van der Waals surface area contributed by atoms with Crippen molar-refractivity contribution in [3.63, 3.8) is 0 Å². The minimum atomic E-state index is -0.439. The highest BCUT2D eigenvalue weighted by Gasteiger charge is 2.27. The molecule has 5 nitrogen and oxygen atoms in total. The van der Waals surface area contributed by atoms with Gasteiger partial charge >= 0.3 is 5.63 Å². The molecule has 1 saturated heterocycles. The van der Waals surface area contributed by atoms with Crippen LogP contribution in [0.5, 0.6) is 5.75 Å². The molecule has 1 aromatic carbocycles. The molecule has 1 atom stereocenters. The summed E-state index contributed by atoms with van der Waals surface area (Å²) in [5, 5.41) is 1.15. The number of hydrogen-bond donors (Lipinski definition) is 0. The van der Waals surface area contributed by atoms with Crippen molar-refractivity contribution >= 4 is 29.1 Å². The average Bonchev–Trinajstić information content (AvgIpc) is 3.01. The van der Waals surface area contributed by atoms with Crippen LogP contribution >= 0.6 is 23.2 Å². The van der Waals surface area contributed by atoms with E-state index in [1.165, 1.54) is 6.07 Å². The van der Waals surface area contributed by atoms with Gasteiger partial charge in [0.05, 0.1) is 12.6 Å². The van der Waals surface area contributed by atoms with Crippen LogP contribution in [0.4, 0.5) is 0 Å². The summed E-state index contributed by atoms with van der Waals surface area (Å²) in [6.07, 6.45) is 1.55. The number of halogens is 2. The van der Waals surface area contributed by atoms with Crippen molar-refractivity contribution in [3.05, 3.63) is 62.1 Å². The number of rotatable bonds is 5. The summed E-state index contributed by atoms with van der Waals surface area (Å²) in [7, 11) is 0. The first kappa shape index (κ1) is 18.8. The molecule has 138 valence electrons. The zero-order valence-corrected chi connectivity index (χ0v) is 15.8. The molecule has 0 N–H and O–H groups in total. The van der Waals surface area contributed by atoms with Crippen molar-refractivity contribution in [1.29, 1.82) is 0 Å². The smallest absolute Gasteiger partial charge is 0.339 e. The molecule has 1 aromatic heterocycles. The second kappa shape index (κ2) is 8.14.